The number of guanidine groups is 1. The lowest BCUT2D eigenvalue weighted by molar-refractivity contribution is -0.132. The third-order valence-electron chi connectivity index (χ3n) is 6.45. The summed E-state index contributed by atoms with van der Waals surface area (Å²) in [6.07, 6.45) is 4.32. The smallest absolute Gasteiger partial charge is 0.222 e. The summed E-state index contributed by atoms with van der Waals surface area (Å²) in [5.41, 5.74) is 3.66. The molecule has 1 aliphatic heterocycles. The molecule has 1 fully saturated rings. The van der Waals surface area contributed by atoms with Crippen molar-refractivity contribution in [3.05, 3.63) is 71.0 Å². The summed E-state index contributed by atoms with van der Waals surface area (Å²) >= 11 is 0. The molecule has 2 aliphatic rings. The van der Waals surface area contributed by atoms with E-state index in [0.29, 0.717) is 19.5 Å². The van der Waals surface area contributed by atoms with Gasteiger partial charge < -0.3 is 15.5 Å². The van der Waals surface area contributed by atoms with Crippen molar-refractivity contribution < 1.29 is 9.18 Å². The summed E-state index contributed by atoms with van der Waals surface area (Å²) in [7, 11) is 1.74. The molecule has 0 unspecified atom stereocenters. The number of fused-ring (bicyclic) bond motifs is 1. The topological polar surface area (TPSA) is 56.7 Å². The fourth-order valence-electron chi connectivity index (χ4n) is 4.32. The van der Waals surface area contributed by atoms with E-state index in [1.54, 1.807) is 19.2 Å². The van der Waals surface area contributed by atoms with Gasteiger partial charge in [0.15, 0.2) is 5.96 Å². The van der Waals surface area contributed by atoms with E-state index in [9.17, 15) is 9.18 Å². The minimum Gasteiger partial charge on any atom is -0.356 e. The molecule has 0 aromatic heterocycles. The van der Waals surface area contributed by atoms with Crippen molar-refractivity contribution in [1.82, 2.24) is 15.5 Å². The second-order valence-corrected chi connectivity index (χ2v) is 8.58. The predicted octanol–water partition coefficient (Wildman–Crippen LogP) is 4.01. The van der Waals surface area contributed by atoms with Gasteiger partial charge in [0, 0.05) is 45.1 Å². The maximum atomic E-state index is 13.6. The molecule has 2 N–H and O–H groups in total. The van der Waals surface area contributed by atoms with Crippen molar-refractivity contribution in [3.8, 4) is 0 Å². The molecular weight excluding hydrogens is 518 g/mol. The minimum absolute atomic E-state index is 0. The average Bonchev–Trinajstić information content (AvgIpc) is 3.59. The lowest BCUT2D eigenvalue weighted by atomic mass is 9.96. The number of benzene rings is 2. The van der Waals surface area contributed by atoms with Crippen molar-refractivity contribution in [2.75, 3.05) is 26.7 Å². The Morgan fingerprint density at radius 2 is 1.91 bits per heavy atom. The van der Waals surface area contributed by atoms with E-state index >= 15 is 0 Å². The minimum atomic E-state index is -0.187. The molecule has 2 aromatic rings. The highest BCUT2D eigenvalue weighted by Crippen LogP contribution is 2.47. The van der Waals surface area contributed by atoms with Gasteiger partial charge in [-0.05, 0) is 54.5 Å². The van der Waals surface area contributed by atoms with Crippen molar-refractivity contribution in [2.45, 2.75) is 44.1 Å². The maximum absolute atomic E-state index is 13.6. The molecule has 0 bridgehead atoms. The van der Waals surface area contributed by atoms with E-state index < -0.39 is 0 Å². The van der Waals surface area contributed by atoms with Crippen molar-refractivity contribution >= 4 is 35.8 Å². The number of rotatable bonds is 7. The van der Waals surface area contributed by atoms with Gasteiger partial charge >= 0.3 is 0 Å². The van der Waals surface area contributed by atoms with E-state index in [4.69, 9.17) is 0 Å². The van der Waals surface area contributed by atoms with Crippen LogP contribution in [-0.2, 0) is 23.2 Å². The van der Waals surface area contributed by atoms with E-state index in [0.717, 1.165) is 50.3 Å². The van der Waals surface area contributed by atoms with Crippen molar-refractivity contribution in [2.24, 2.45) is 4.99 Å². The summed E-state index contributed by atoms with van der Waals surface area (Å²) in [5, 5.41) is 6.67. The SMILES string of the molecule is CN=C(NCCCC(=O)N1CCc2ccccc2C1)NCC1(c2cccc(F)c2)CC1.I. The second-order valence-electron chi connectivity index (χ2n) is 8.58. The van der Waals surface area contributed by atoms with Gasteiger partial charge in [0.25, 0.3) is 0 Å². The highest BCUT2D eigenvalue weighted by Gasteiger charge is 2.44. The Kier molecular flexibility index (Phi) is 8.51. The first kappa shape index (κ1) is 24.5. The molecule has 32 heavy (non-hydrogen) atoms. The molecule has 1 amide bonds. The van der Waals surface area contributed by atoms with Crippen LogP contribution < -0.4 is 10.6 Å². The van der Waals surface area contributed by atoms with Crippen LogP contribution in [0.4, 0.5) is 4.39 Å². The standard InChI is InChI=1S/C25H31FN4O.HI/c1-27-24(29-18-25(12-13-25)21-8-4-9-22(26)16-21)28-14-5-10-23(31)30-15-11-19-6-2-3-7-20(19)17-30;/h2-4,6-9,16H,5,10-15,17-18H2,1H3,(H2,27,28,29);1H. The lowest BCUT2D eigenvalue weighted by Gasteiger charge is -2.29. The second kappa shape index (κ2) is 11.1. The normalized spacial score (nSPS) is 16.6. The number of amides is 1. The van der Waals surface area contributed by atoms with E-state index in [2.05, 4.69) is 33.8 Å². The van der Waals surface area contributed by atoms with Gasteiger partial charge in [-0.1, -0.05) is 36.4 Å². The number of aliphatic imine (C=N–C) groups is 1. The van der Waals surface area contributed by atoms with E-state index in [-0.39, 0.29) is 41.1 Å². The van der Waals surface area contributed by atoms with Gasteiger partial charge in [0.1, 0.15) is 5.82 Å². The summed E-state index contributed by atoms with van der Waals surface area (Å²) in [6.45, 7) is 2.92. The number of carbonyl (C=O) groups is 1. The van der Waals surface area contributed by atoms with Gasteiger partial charge in [-0.25, -0.2) is 4.39 Å². The molecule has 4 rings (SSSR count). The molecule has 1 saturated carbocycles. The zero-order valence-corrected chi connectivity index (χ0v) is 20.9. The third kappa shape index (κ3) is 5.99. The highest BCUT2D eigenvalue weighted by molar-refractivity contribution is 14.0. The average molecular weight is 550 g/mol. The zero-order chi connectivity index (χ0) is 21.7. The number of nitrogens with one attached hydrogen (secondary N) is 2. The molecule has 0 radical (unpaired) electrons. The first-order valence-corrected chi connectivity index (χ1v) is 11.1. The molecule has 2 aromatic carbocycles. The van der Waals surface area contributed by atoms with Crippen LogP contribution in [0.25, 0.3) is 0 Å². The Hall–Kier alpha value is -2.16. The van der Waals surface area contributed by atoms with Gasteiger partial charge in [-0.2, -0.15) is 0 Å². The van der Waals surface area contributed by atoms with Gasteiger partial charge in [-0.3, -0.25) is 9.79 Å². The number of hydrogen-bond donors (Lipinski definition) is 2. The fourth-order valence-corrected chi connectivity index (χ4v) is 4.32. The Labute approximate surface area is 206 Å². The highest BCUT2D eigenvalue weighted by atomic mass is 127. The largest absolute Gasteiger partial charge is 0.356 e. The summed E-state index contributed by atoms with van der Waals surface area (Å²) in [5.74, 6) is 0.748. The van der Waals surface area contributed by atoms with Gasteiger partial charge in [0.05, 0.1) is 0 Å². The number of hydrogen-bond acceptors (Lipinski definition) is 2. The molecule has 1 heterocycles. The van der Waals surface area contributed by atoms with Crippen LogP contribution in [0.5, 0.6) is 0 Å². The van der Waals surface area contributed by atoms with Crippen LogP contribution in [0.15, 0.2) is 53.5 Å². The van der Waals surface area contributed by atoms with Gasteiger partial charge in [-0.15, -0.1) is 24.0 Å². The maximum Gasteiger partial charge on any atom is 0.222 e. The Balaban J connectivity index is 0.00000289. The number of carbonyl (C=O) groups excluding carboxylic acids is 1. The monoisotopic (exact) mass is 550 g/mol. The molecule has 0 spiro atoms. The Morgan fingerprint density at radius 1 is 1.12 bits per heavy atom. The lowest BCUT2D eigenvalue weighted by Crippen LogP contribution is -2.42. The molecule has 1 aliphatic carbocycles. The molecule has 0 saturated heterocycles. The number of halogens is 2. The molecular formula is C25H32FIN4O. The van der Waals surface area contributed by atoms with Crippen LogP contribution >= 0.6 is 24.0 Å². The van der Waals surface area contributed by atoms with Crippen LogP contribution in [0.2, 0.25) is 0 Å². The predicted molar refractivity (Wildman–Crippen MR) is 137 cm³/mol. The third-order valence-corrected chi connectivity index (χ3v) is 6.45. The van der Waals surface area contributed by atoms with Crippen molar-refractivity contribution in [3.63, 3.8) is 0 Å². The van der Waals surface area contributed by atoms with Crippen LogP contribution in [-0.4, -0.2) is 43.4 Å². The molecule has 5 nitrogen and oxygen atoms in total. The molecule has 7 heteroatoms. The summed E-state index contributed by atoms with van der Waals surface area (Å²) in [4.78, 5) is 18.8. The molecule has 172 valence electrons. The Morgan fingerprint density at radius 3 is 2.62 bits per heavy atom. The quantitative estimate of drug-likeness (QED) is 0.237. The fraction of sp³-hybridized carbons (Fsp3) is 0.440. The first-order valence-electron chi connectivity index (χ1n) is 11.1. The van der Waals surface area contributed by atoms with Crippen LogP contribution in [0.3, 0.4) is 0 Å². The van der Waals surface area contributed by atoms with E-state index in [1.807, 2.05) is 17.0 Å². The number of nitrogens with zero attached hydrogens (tertiary/aromatic N) is 2. The Bertz CT molecular complexity index is 960. The van der Waals surface area contributed by atoms with Crippen LogP contribution in [0, 0.1) is 5.82 Å². The zero-order valence-electron chi connectivity index (χ0n) is 18.6. The van der Waals surface area contributed by atoms with E-state index in [1.165, 1.54) is 17.2 Å². The summed E-state index contributed by atoms with van der Waals surface area (Å²) in [6, 6.07) is 15.3. The first-order chi connectivity index (χ1) is 15.1. The van der Waals surface area contributed by atoms with Gasteiger partial charge in [0.2, 0.25) is 5.91 Å². The van der Waals surface area contributed by atoms with Crippen LogP contribution in [0.1, 0.15) is 42.4 Å². The summed E-state index contributed by atoms with van der Waals surface area (Å²) < 4.78 is 13.6. The molecule has 0 atom stereocenters. The van der Waals surface area contributed by atoms with Crippen molar-refractivity contribution in [1.29, 1.82) is 0 Å².